The Balaban J connectivity index is 1.69. The minimum absolute atomic E-state index is 0.00531. The quantitative estimate of drug-likeness (QED) is 0.134. The van der Waals surface area contributed by atoms with Gasteiger partial charge in [0.1, 0.15) is 0 Å². The van der Waals surface area contributed by atoms with Gasteiger partial charge in [0, 0.05) is 31.4 Å². The van der Waals surface area contributed by atoms with Crippen molar-refractivity contribution in [2.75, 3.05) is 20.3 Å². The number of ketones is 2. The molecule has 2 aromatic carbocycles. The highest BCUT2D eigenvalue weighted by atomic mass is 16.5. The number of benzene rings is 2. The molecule has 7 atom stereocenters. The summed E-state index contributed by atoms with van der Waals surface area (Å²) >= 11 is 0. The van der Waals surface area contributed by atoms with Gasteiger partial charge in [0.25, 0.3) is 0 Å². The molecular formula is C44H58N2O6. The predicted octanol–water partition coefficient (Wildman–Crippen LogP) is 6.35. The lowest BCUT2D eigenvalue weighted by atomic mass is 9.75. The largest absolute Gasteiger partial charge is 0.504 e. The molecular weight excluding hydrogens is 652 g/mol. The molecule has 0 aromatic heterocycles. The van der Waals surface area contributed by atoms with Crippen molar-refractivity contribution in [3.05, 3.63) is 82.2 Å². The second kappa shape index (κ2) is 18.1. The lowest BCUT2D eigenvalue weighted by Gasteiger charge is -2.29. The second-order valence-electron chi connectivity index (χ2n) is 15.6. The lowest BCUT2D eigenvalue weighted by Crippen LogP contribution is -2.39. The van der Waals surface area contributed by atoms with Crippen LogP contribution < -0.4 is 15.8 Å². The fraction of sp³-hybridized carbons (Fsp3) is 0.545. The van der Waals surface area contributed by atoms with Gasteiger partial charge in [0.15, 0.2) is 29.2 Å². The smallest absolute Gasteiger partial charge is 0.173 e. The summed E-state index contributed by atoms with van der Waals surface area (Å²) in [7, 11) is 1.49. The van der Waals surface area contributed by atoms with Crippen molar-refractivity contribution in [3.63, 3.8) is 0 Å². The summed E-state index contributed by atoms with van der Waals surface area (Å²) in [5.41, 5.74) is 11.1. The van der Waals surface area contributed by atoms with Crippen LogP contribution in [0.2, 0.25) is 0 Å². The minimum atomic E-state index is -1.76. The number of carbonyl (C=O) groups excluding carboxylic acids is 2. The zero-order valence-corrected chi connectivity index (χ0v) is 31.4. The Bertz CT molecular complexity index is 1700. The fourth-order valence-corrected chi connectivity index (χ4v) is 8.62. The van der Waals surface area contributed by atoms with Gasteiger partial charge in [-0.25, -0.2) is 0 Å². The molecule has 0 unspecified atom stereocenters. The topological polar surface area (TPSA) is 142 Å². The SMILES string of the molecule is CCC[C@H](CO)[C@@H]1C[C@H](CC2=CCNC(N)=C2)C[C@H]2C#C[C@H](c3ccccc3CCC(C)C)c3cc(O)c(OC)cc3CCC(=O)[C@H](O)C(=O)[C@H]2C1. The van der Waals surface area contributed by atoms with E-state index in [1.807, 2.05) is 18.2 Å². The number of fused-ring (bicyclic) bond motifs is 2. The normalized spacial score (nSPS) is 25.8. The Hall–Kier alpha value is -4.06. The number of carbonyl (C=O) groups is 2. The van der Waals surface area contributed by atoms with Gasteiger partial charge in [0.2, 0.25) is 0 Å². The third kappa shape index (κ3) is 9.48. The van der Waals surface area contributed by atoms with Gasteiger partial charge in [-0.2, -0.15) is 0 Å². The fourth-order valence-electron chi connectivity index (χ4n) is 8.62. The van der Waals surface area contributed by atoms with E-state index in [1.54, 1.807) is 12.1 Å². The molecule has 1 fully saturated rings. The third-order valence-electron chi connectivity index (χ3n) is 11.5. The number of allylic oxidation sites excluding steroid dienone is 2. The van der Waals surface area contributed by atoms with Crippen LogP contribution in [-0.2, 0) is 22.4 Å². The number of nitrogens with two attached hydrogens (primary N) is 1. The van der Waals surface area contributed by atoms with Gasteiger partial charge in [-0.15, -0.1) is 0 Å². The monoisotopic (exact) mass is 710 g/mol. The number of hydrogen-bond acceptors (Lipinski definition) is 8. The van der Waals surface area contributed by atoms with E-state index in [1.165, 1.54) is 12.7 Å². The van der Waals surface area contributed by atoms with E-state index in [9.17, 15) is 24.9 Å². The standard InChI is InChI=1S/C44H58N2O6/c1-5-8-33(26-47)34-21-29(19-28-17-18-46-42(45)22-28)20-31-13-15-36(35-10-7-6-9-30(35)12-11-27(2)3)37-25-40(49)41(52-4)24-32(37)14-16-39(48)44(51)43(50)38(31)23-34/h6-7,9-10,17,22,24-25,27,29,31,33-34,36,38,44,46-47,49,51H,5,8,11-12,14,16,18-21,23,26,45H2,1-4H3/t29-,31-,33-,34-,36-,38+,44+/m1/s1. The van der Waals surface area contributed by atoms with Crippen LogP contribution in [0.25, 0.3) is 0 Å². The summed E-state index contributed by atoms with van der Waals surface area (Å²) in [5.74, 6) is 6.32. The number of rotatable bonds is 11. The van der Waals surface area contributed by atoms with Crippen molar-refractivity contribution in [1.82, 2.24) is 5.32 Å². The van der Waals surface area contributed by atoms with Crippen molar-refractivity contribution < 1.29 is 29.6 Å². The highest BCUT2D eigenvalue weighted by Gasteiger charge is 2.42. The van der Waals surface area contributed by atoms with Crippen LogP contribution in [-0.4, -0.2) is 53.3 Å². The van der Waals surface area contributed by atoms with Crippen molar-refractivity contribution >= 4 is 11.6 Å². The highest BCUT2D eigenvalue weighted by molar-refractivity contribution is 6.06. The van der Waals surface area contributed by atoms with Crippen LogP contribution in [0, 0.1) is 47.3 Å². The van der Waals surface area contributed by atoms with Gasteiger partial charge >= 0.3 is 0 Å². The maximum absolute atomic E-state index is 14.4. The maximum Gasteiger partial charge on any atom is 0.173 e. The molecule has 3 aliphatic rings. The van der Waals surface area contributed by atoms with Gasteiger partial charge < -0.3 is 31.1 Å². The molecule has 6 N–H and O–H groups in total. The molecule has 0 amide bonds. The molecule has 1 heterocycles. The number of aliphatic hydroxyl groups excluding tert-OH is 2. The van der Waals surface area contributed by atoms with Crippen LogP contribution in [0.4, 0.5) is 0 Å². The number of methoxy groups -OCH3 is 1. The number of aryl methyl sites for hydroxylation is 2. The Morgan fingerprint density at radius 3 is 2.54 bits per heavy atom. The Kier molecular flexibility index (Phi) is 13.6. The number of Topliss-reactive ketones (excluding diaryl/α,β-unsaturated/α-hetero) is 2. The van der Waals surface area contributed by atoms with E-state index in [4.69, 9.17) is 10.5 Å². The molecule has 8 heteroatoms. The minimum Gasteiger partial charge on any atom is -0.504 e. The van der Waals surface area contributed by atoms with Crippen LogP contribution in [0.1, 0.15) is 100 Å². The number of hydrogen-bond donors (Lipinski definition) is 5. The molecule has 0 bridgehead atoms. The van der Waals surface area contributed by atoms with Crippen molar-refractivity contribution in [1.29, 1.82) is 0 Å². The number of nitrogens with one attached hydrogen (secondary N) is 1. The molecule has 2 aromatic rings. The maximum atomic E-state index is 14.4. The van der Waals surface area contributed by atoms with Crippen LogP contribution in [0.5, 0.6) is 11.5 Å². The molecule has 1 aliphatic heterocycles. The van der Waals surface area contributed by atoms with Crippen molar-refractivity contribution in [3.8, 4) is 23.3 Å². The van der Waals surface area contributed by atoms with E-state index < -0.39 is 35.4 Å². The van der Waals surface area contributed by atoms with Crippen LogP contribution in [0.3, 0.4) is 0 Å². The first-order valence-electron chi connectivity index (χ1n) is 19.3. The number of dihydropyridines is 1. The van der Waals surface area contributed by atoms with Crippen molar-refractivity contribution in [2.45, 2.75) is 97.0 Å². The van der Waals surface area contributed by atoms with Crippen LogP contribution >= 0.6 is 0 Å². The van der Waals surface area contributed by atoms with E-state index >= 15 is 0 Å². The van der Waals surface area contributed by atoms with E-state index in [-0.39, 0.29) is 43.0 Å². The number of aliphatic hydroxyl groups is 2. The van der Waals surface area contributed by atoms with E-state index in [0.717, 1.165) is 60.8 Å². The summed E-state index contributed by atoms with van der Waals surface area (Å²) in [4.78, 5) is 28.0. The number of ether oxygens (including phenoxy) is 1. The summed E-state index contributed by atoms with van der Waals surface area (Å²) in [6.07, 6.45) is 8.77. The second-order valence-corrected chi connectivity index (χ2v) is 15.6. The van der Waals surface area contributed by atoms with Crippen molar-refractivity contribution in [2.24, 2.45) is 41.2 Å². The summed E-state index contributed by atoms with van der Waals surface area (Å²) in [5, 5.41) is 36.2. The van der Waals surface area contributed by atoms with E-state index in [2.05, 4.69) is 56.1 Å². The lowest BCUT2D eigenvalue weighted by molar-refractivity contribution is -0.142. The first-order valence-corrected chi connectivity index (χ1v) is 19.3. The Morgan fingerprint density at radius 2 is 1.83 bits per heavy atom. The molecule has 2 aliphatic carbocycles. The van der Waals surface area contributed by atoms with Gasteiger partial charge in [0.05, 0.1) is 18.8 Å². The molecule has 8 nitrogen and oxygen atoms in total. The predicted molar refractivity (Wildman–Crippen MR) is 204 cm³/mol. The molecule has 5 rings (SSSR count). The average molecular weight is 711 g/mol. The zero-order chi connectivity index (χ0) is 37.4. The zero-order valence-electron chi connectivity index (χ0n) is 31.4. The third-order valence-corrected chi connectivity index (χ3v) is 11.5. The summed E-state index contributed by atoms with van der Waals surface area (Å²) in [6, 6.07) is 11.8. The first-order chi connectivity index (χ1) is 25.0. The Labute approximate surface area is 309 Å². The molecule has 0 saturated heterocycles. The van der Waals surface area contributed by atoms with Crippen LogP contribution in [0.15, 0.2) is 59.9 Å². The number of phenolic OH excluding ortho intramolecular Hbond substituents is 1. The number of aromatic hydroxyl groups is 1. The molecule has 0 radical (unpaired) electrons. The molecule has 52 heavy (non-hydrogen) atoms. The van der Waals surface area contributed by atoms with E-state index in [0.29, 0.717) is 36.9 Å². The molecule has 280 valence electrons. The first kappa shape index (κ1) is 39.2. The number of phenols is 1. The molecule has 1 saturated carbocycles. The Morgan fingerprint density at radius 1 is 1.04 bits per heavy atom. The van der Waals surface area contributed by atoms with Gasteiger partial charge in [-0.05, 0) is 121 Å². The average Bonchev–Trinajstić information content (AvgIpc) is 3.30. The van der Waals surface area contributed by atoms with Gasteiger partial charge in [-0.1, -0.05) is 69.4 Å². The molecule has 0 spiro atoms. The summed E-state index contributed by atoms with van der Waals surface area (Å²) in [6.45, 7) is 7.19. The highest BCUT2D eigenvalue weighted by Crippen LogP contribution is 2.44. The van der Waals surface area contributed by atoms with Gasteiger partial charge in [-0.3, -0.25) is 9.59 Å². The summed E-state index contributed by atoms with van der Waals surface area (Å²) < 4.78 is 5.49.